The predicted octanol–water partition coefficient (Wildman–Crippen LogP) is 3.04. The molecule has 3 aliphatic carbocycles. The molecule has 1 N–H and O–H groups in total. The van der Waals surface area contributed by atoms with Crippen molar-refractivity contribution in [2.24, 2.45) is 23.7 Å². The van der Waals surface area contributed by atoms with Crippen molar-refractivity contribution in [2.45, 2.75) is 69.1 Å². The van der Waals surface area contributed by atoms with Crippen LogP contribution in [0.1, 0.15) is 56.3 Å². The smallest absolute Gasteiger partial charge is 0.251 e. The Bertz CT molecular complexity index is 923. The predicted molar refractivity (Wildman–Crippen MR) is 114 cm³/mol. The van der Waals surface area contributed by atoms with Crippen LogP contribution in [0.3, 0.4) is 0 Å². The maximum Gasteiger partial charge on any atom is 0.251 e. The van der Waals surface area contributed by atoms with E-state index in [4.69, 9.17) is 4.74 Å². The quantitative estimate of drug-likeness (QED) is 0.794. The van der Waals surface area contributed by atoms with Gasteiger partial charge in [-0.05, 0) is 81.4 Å². The number of hydrogen-bond donors (Lipinski definition) is 1. The molecule has 30 heavy (non-hydrogen) atoms. The third kappa shape index (κ3) is 3.49. The number of carbonyl (C=O) groups excluding carboxylic acids is 1. The van der Waals surface area contributed by atoms with Crippen LogP contribution in [0.25, 0.3) is 0 Å². The first kappa shape index (κ1) is 20.5. The number of morpholine rings is 1. The molecule has 0 spiro atoms. The zero-order chi connectivity index (χ0) is 21.0. The number of rotatable bonds is 4. The number of nitrogens with zero attached hydrogens (tertiary/aromatic N) is 1. The van der Waals surface area contributed by atoms with Crippen molar-refractivity contribution in [1.82, 2.24) is 9.62 Å². The minimum Gasteiger partial charge on any atom is -0.373 e. The van der Waals surface area contributed by atoms with Crippen molar-refractivity contribution >= 4 is 15.9 Å². The molecule has 4 fully saturated rings. The summed E-state index contributed by atoms with van der Waals surface area (Å²) in [6, 6.07) is 6.73. The molecule has 1 aliphatic heterocycles. The van der Waals surface area contributed by atoms with Crippen LogP contribution in [0.5, 0.6) is 0 Å². The van der Waals surface area contributed by atoms with Crippen molar-refractivity contribution in [3.63, 3.8) is 0 Å². The number of carbonyl (C=O) groups is 1. The lowest BCUT2D eigenvalue weighted by atomic mass is 9.79. The van der Waals surface area contributed by atoms with Gasteiger partial charge in [-0.15, -0.1) is 0 Å². The van der Waals surface area contributed by atoms with Crippen molar-refractivity contribution < 1.29 is 17.9 Å². The number of nitrogens with one attached hydrogen (secondary N) is 1. The number of ether oxygens (including phenoxy) is 1. The highest BCUT2D eigenvalue weighted by Gasteiger charge is 2.54. The molecule has 1 heterocycles. The van der Waals surface area contributed by atoms with E-state index < -0.39 is 10.0 Å². The van der Waals surface area contributed by atoms with Crippen LogP contribution in [0, 0.1) is 23.7 Å². The molecule has 7 atom stereocenters. The maximum absolute atomic E-state index is 13.2. The number of sulfonamides is 1. The summed E-state index contributed by atoms with van der Waals surface area (Å²) in [5.41, 5.74) is 0.427. The molecule has 3 saturated carbocycles. The molecule has 164 valence electrons. The Labute approximate surface area is 179 Å². The van der Waals surface area contributed by atoms with E-state index in [1.54, 1.807) is 18.2 Å². The summed E-state index contributed by atoms with van der Waals surface area (Å²) in [5.74, 6) is 2.89. The normalized spacial score (nSPS) is 38.5. The Kier molecular flexibility index (Phi) is 5.19. The largest absolute Gasteiger partial charge is 0.373 e. The average Bonchev–Trinajstić information content (AvgIpc) is 3.41. The van der Waals surface area contributed by atoms with Crippen LogP contribution in [0.15, 0.2) is 29.2 Å². The Morgan fingerprint density at radius 2 is 1.80 bits per heavy atom. The summed E-state index contributed by atoms with van der Waals surface area (Å²) in [6.45, 7) is 4.42. The number of benzene rings is 1. The van der Waals surface area contributed by atoms with E-state index in [1.807, 2.05) is 13.8 Å². The lowest BCUT2D eigenvalue weighted by molar-refractivity contribution is -0.0440. The van der Waals surface area contributed by atoms with E-state index in [0.717, 1.165) is 24.2 Å². The summed E-state index contributed by atoms with van der Waals surface area (Å²) in [4.78, 5) is 13.2. The fourth-order valence-corrected chi connectivity index (χ4v) is 8.40. The fraction of sp³-hybridized carbons (Fsp3) is 0.696. The lowest BCUT2D eigenvalue weighted by Crippen LogP contribution is -2.48. The van der Waals surface area contributed by atoms with Gasteiger partial charge in [0.2, 0.25) is 10.0 Å². The Hall–Kier alpha value is -1.44. The Morgan fingerprint density at radius 1 is 1.07 bits per heavy atom. The van der Waals surface area contributed by atoms with Gasteiger partial charge in [-0.1, -0.05) is 12.5 Å². The Morgan fingerprint density at radius 3 is 2.57 bits per heavy atom. The standard InChI is InChI=1S/C23H32N2O4S/c1-14-12-25(13-15(2)29-14)30(27,28)18-6-3-5-16(9-18)23(26)24-22-11-17-10-21(22)20-8-4-7-19(17)20/h3,5-6,9,14-15,17,19-22H,4,7-8,10-13H2,1-2H3,(H,24,26). The van der Waals surface area contributed by atoms with E-state index in [2.05, 4.69) is 5.32 Å². The monoisotopic (exact) mass is 432 g/mol. The summed E-state index contributed by atoms with van der Waals surface area (Å²) < 4.78 is 33.5. The zero-order valence-electron chi connectivity index (χ0n) is 17.8. The van der Waals surface area contributed by atoms with Crippen LogP contribution >= 0.6 is 0 Å². The summed E-state index contributed by atoms with van der Waals surface area (Å²) >= 11 is 0. The highest BCUT2D eigenvalue weighted by Crippen LogP contribution is 2.58. The van der Waals surface area contributed by atoms with E-state index in [-0.39, 0.29) is 29.1 Å². The molecule has 0 aromatic heterocycles. The molecular formula is C23H32N2O4S. The molecule has 1 aromatic carbocycles. The number of fused-ring (bicyclic) bond motifs is 5. The fourth-order valence-electron chi connectivity index (χ4n) is 6.76. The zero-order valence-corrected chi connectivity index (χ0v) is 18.6. The maximum atomic E-state index is 13.2. The minimum absolute atomic E-state index is 0.146. The minimum atomic E-state index is -3.66. The lowest BCUT2D eigenvalue weighted by Gasteiger charge is -2.34. The highest BCUT2D eigenvalue weighted by atomic mass is 32.2. The topological polar surface area (TPSA) is 75.7 Å². The molecule has 6 nitrogen and oxygen atoms in total. The van der Waals surface area contributed by atoms with Crippen LogP contribution in [0.4, 0.5) is 0 Å². The average molecular weight is 433 g/mol. The summed E-state index contributed by atoms with van der Waals surface area (Å²) in [6.07, 6.45) is 6.05. The summed E-state index contributed by atoms with van der Waals surface area (Å²) in [5, 5.41) is 3.24. The van der Waals surface area contributed by atoms with Gasteiger partial charge >= 0.3 is 0 Å². The van der Waals surface area contributed by atoms with Crippen LogP contribution in [-0.2, 0) is 14.8 Å². The molecule has 0 radical (unpaired) electrons. The molecule has 4 aliphatic rings. The first-order chi connectivity index (χ1) is 14.3. The molecule has 2 bridgehead atoms. The third-order valence-electron chi connectivity index (χ3n) is 7.87. The highest BCUT2D eigenvalue weighted by molar-refractivity contribution is 7.89. The molecule has 1 aromatic rings. The first-order valence-corrected chi connectivity index (χ1v) is 12.8. The first-order valence-electron chi connectivity index (χ1n) is 11.4. The van der Waals surface area contributed by atoms with Crippen molar-refractivity contribution in [3.05, 3.63) is 29.8 Å². The van der Waals surface area contributed by atoms with Gasteiger partial charge in [0, 0.05) is 24.7 Å². The summed E-state index contributed by atoms with van der Waals surface area (Å²) in [7, 11) is -3.66. The van der Waals surface area contributed by atoms with E-state index in [1.165, 1.54) is 36.1 Å². The van der Waals surface area contributed by atoms with E-state index in [0.29, 0.717) is 24.6 Å². The van der Waals surface area contributed by atoms with Crippen molar-refractivity contribution in [1.29, 1.82) is 0 Å². The van der Waals surface area contributed by atoms with E-state index >= 15 is 0 Å². The molecule has 1 saturated heterocycles. The van der Waals surface area contributed by atoms with Crippen LogP contribution in [-0.4, -0.2) is 50.0 Å². The second-order valence-electron chi connectivity index (χ2n) is 9.84. The van der Waals surface area contributed by atoms with Crippen molar-refractivity contribution in [2.75, 3.05) is 13.1 Å². The number of hydrogen-bond acceptors (Lipinski definition) is 4. The van der Waals surface area contributed by atoms with Gasteiger partial charge in [-0.3, -0.25) is 4.79 Å². The molecule has 5 rings (SSSR count). The van der Waals surface area contributed by atoms with Gasteiger partial charge in [-0.2, -0.15) is 4.31 Å². The van der Waals surface area contributed by atoms with E-state index in [9.17, 15) is 13.2 Å². The molecule has 7 unspecified atom stereocenters. The SMILES string of the molecule is CC1CN(S(=O)(=O)c2cccc(C(=O)NC3CC4CC3C3CCCC43)c2)CC(C)O1. The molecular weight excluding hydrogens is 400 g/mol. The second kappa shape index (κ2) is 7.61. The van der Waals surface area contributed by atoms with Gasteiger partial charge in [0.25, 0.3) is 5.91 Å². The number of amides is 1. The van der Waals surface area contributed by atoms with Crippen LogP contribution < -0.4 is 5.32 Å². The van der Waals surface area contributed by atoms with Gasteiger partial charge in [0.15, 0.2) is 0 Å². The Balaban J connectivity index is 1.31. The third-order valence-corrected chi connectivity index (χ3v) is 9.69. The van der Waals surface area contributed by atoms with Crippen molar-refractivity contribution in [3.8, 4) is 0 Å². The van der Waals surface area contributed by atoms with Gasteiger partial charge < -0.3 is 10.1 Å². The molecule has 1 amide bonds. The molecule has 7 heteroatoms. The van der Waals surface area contributed by atoms with Gasteiger partial charge in [-0.25, -0.2) is 8.42 Å². The second-order valence-corrected chi connectivity index (χ2v) is 11.8. The van der Waals surface area contributed by atoms with Gasteiger partial charge in [0.1, 0.15) is 0 Å². The van der Waals surface area contributed by atoms with Gasteiger partial charge in [0.05, 0.1) is 17.1 Å². The van der Waals surface area contributed by atoms with Crippen LogP contribution in [0.2, 0.25) is 0 Å².